The number of carboxylic acid groups (broad SMARTS) is 1. The Balaban J connectivity index is 2.36. The van der Waals surface area contributed by atoms with Crippen molar-refractivity contribution >= 4 is 21.9 Å². The fraction of sp³-hybridized carbons (Fsp3) is 0.455. The van der Waals surface area contributed by atoms with Crippen LogP contribution in [0.2, 0.25) is 0 Å². The third kappa shape index (κ3) is 2.91. The first kappa shape index (κ1) is 15.5. The number of aliphatic carboxylic acids is 1. The molecule has 0 aromatic carbocycles. The van der Waals surface area contributed by atoms with Gasteiger partial charge in [0.05, 0.1) is 6.10 Å². The quantitative estimate of drug-likeness (QED) is 0.608. The molecule has 0 aliphatic carbocycles. The summed E-state index contributed by atoms with van der Waals surface area (Å²) in [5.41, 5.74) is -0.0145. The van der Waals surface area contributed by atoms with E-state index in [1.807, 2.05) is 0 Å². The molecule has 9 nitrogen and oxygen atoms in total. The topological polar surface area (TPSA) is 143 Å². The van der Waals surface area contributed by atoms with Gasteiger partial charge in [-0.1, -0.05) is 0 Å². The first-order chi connectivity index (χ1) is 9.61. The zero-order valence-electron chi connectivity index (χ0n) is 11.1. The van der Waals surface area contributed by atoms with Gasteiger partial charge in [0.15, 0.2) is 0 Å². The lowest BCUT2D eigenvalue weighted by Crippen LogP contribution is -2.41. The van der Waals surface area contributed by atoms with E-state index in [2.05, 4.69) is 0 Å². The molecular weight excluding hydrogens is 302 g/mol. The number of carbonyl (C=O) groups excluding carboxylic acids is 1. The molecule has 1 saturated heterocycles. The molecule has 2 rings (SSSR count). The molecule has 21 heavy (non-hydrogen) atoms. The van der Waals surface area contributed by atoms with Crippen molar-refractivity contribution in [3.63, 3.8) is 0 Å². The smallest absolute Gasteiger partial charge is 0.326 e. The molecule has 1 fully saturated rings. The van der Waals surface area contributed by atoms with E-state index < -0.39 is 34.0 Å². The molecule has 1 aliphatic rings. The number of carbonyl (C=O) groups is 2. The molecule has 0 radical (unpaired) electrons. The summed E-state index contributed by atoms with van der Waals surface area (Å²) in [5, 5.41) is 23.6. The van der Waals surface area contributed by atoms with E-state index >= 15 is 0 Å². The summed E-state index contributed by atoms with van der Waals surface area (Å²) >= 11 is 0. The number of β-amino-alcohol motifs (C(OH)–C–C–N with tert-alkyl or cyclic N) is 1. The average Bonchev–Trinajstić information content (AvgIpc) is 2.91. The molecule has 2 heterocycles. The molecule has 0 bridgehead atoms. The van der Waals surface area contributed by atoms with Crippen LogP contribution in [0.25, 0.3) is 0 Å². The maximum atomic E-state index is 12.4. The standard InChI is InChI=1S/C11H15N3O6S/c1-13-5-7(21(12,19)20)3-8(13)10(16)14-4-6(15)2-9(14)11(17)18/h3,5-6,9,15H,2,4H2,1H3,(H,17,18)(H2,12,19,20)/t6-,9+/m1/s1. The first-order valence-electron chi connectivity index (χ1n) is 6.02. The van der Waals surface area contributed by atoms with Crippen molar-refractivity contribution in [2.45, 2.75) is 23.5 Å². The number of aryl methyl sites for hydroxylation is 1. The molecule has 2 atom stereocenters. The SMILES string of the molecule is Cn1cc(S(N)(=O)=O)cc1C(=O)N1C[C@H](O)C[C@H]1C(=O)O. The van der Waals surface area contributed by atoms with Crippen molar-refractivity contribution in [1.29, 1.82) is 0 Å². The van der Waals surface area contributed by atoms with Gasteiger partial charge in [-0.15, -0.1) is 0 Å². The van der Waals surface area contributed by atoms with Gasteiger partial charge in [-0.3, -0.25) is 4.79 Å². The Hall–Kier alpha value is -1.91. The number of amides is 1. The van der Waals surface area contributed by atoms with Crippen molar-refractivity contribution in [3.05, 3.63) is 18.0 Å². The van der Waals surface area contributed by atoms with Crippen molar-refractivity contribution in [2.24, 2.45) is 12.2 Å². The summed E-state index contributed by atoms with van der Waals surface area (Å²) in [6.07, 6.45) is 0.186. The Kier molecular flexibility index (Phi) is 3.78. The number of hydrogen-bond acceptors (Lipinski definition) is 5. The minimum atomic E-state index is -3.96. The minimum absolute atomic E-state index is 0.0145. The van der Waals surface area contributed by atoms with Gasteiger partial charge in [-0.2, -0.15) is 0 Å². The maximum Gasteiger partial charge on any atom is 0.326 e. The molecular formula is C11H15N3O6S. The van der Waals surface area contributed by atoms with Crippen LogP contribution in [0.4, 0.5) is 0 Å². The van der Waals surface area contributed by atoms with Crippen LogP contribution in [0.15, 0.2) is 17.2 Å². The molecule has 1 amide bonds. The summed E-state index contributed by atoms with van der Waals surface area (Å²) in [4.78, 5) is 24.3. The molecule has 1 aromatic heterocycles. The summed E-state index contributed by atoms with van der Waals surface area (Å²) in [6.45, 7) is -0.119. The Morgan fingerprint density at radius 2 is 2.05 bits per heavy atom. The van der Waals surface area contributed by atoms with Crippen molar-refractivity contribution in [1.82, 2.24) is 9.47 Å². The highest BCUT2D eigenvalue weighted by molar-refractivity contribution is 7.89. The molecule has 0 unspecified atom stereocenters. The highest BCUT2D eigenvalue weighted by Crippen LogP contribution is 2.22. The normalized spacial score (nSPS) is 22.5. The summed E-state index contributed by atoms with van der Waals surface area (Å²) < 4.78 is 23.8. The van der Waals surface area contributed by atoms with E-state index in [9.17, 15) is 23.1 Å². The summed E-state index contributed by atoms with van der Waals surface area (Å²) in [6, 6.07) is -0.0540. The largest absolute Gasteiger partial charge is 0.480 e. The zero-order valence-corrected chi connectivity index (χ0v) is 11.9. The number of aromatic nitrogens is 1. The number of aliphatic hydroxyl groups excluding tert-OH is 1. The minimum Gasteiger partial charge on any atom is -0.480 e. The molecule has 1 aromatic rings. The molecule has 116 valence electrons. The number of primary sulfonamides is 1. The van der Waals surface area contributed by atoms with E-state index in [1.165, 1.54) is 17.8 Å². The van der Waals surface area contributed by atoms with Crippen molar-refractivity contribution in [2.75, 3.05) is 6.54 Å². The summed E-state index contributed by atoms with van der Waals surface area (Å²) in [5.74, 6) is -1.89. The number of hydrogen-bond donors (Lipinski definition) is 3. The number of carboxylic acids is 1. The van der Waals surface area contributed by atoms with Gasteiger partial charge in [-0.05, 0) is 6.07 Å². The van der Waals surface area contributed by atoms with Crippen LogP contribution in [0.3, 0.4) is 0 Å². The van der Waals surface area contributed by atoms with Crippen molar-refractivity contribution in [3.8, 4) is 0 Å². The number of aliphatic hydroxyl groups is 1. The average molecular weight is 317 g/mol. The molecule has 0 spiro atoms. The molecule has 4 N–H and O–H groups in total. The van der Waals surface area contributed by atoms with E-state index in [-0.39, 0.29) is 23.6 Å². The van der Waals surface area contributed by atoms with Gasteiger partial charge >= 0.3 is 5.97 Å². The Bertz CT molecular complexity index is 695. The van der Waals surface area contributed by atoms with E-state index in [0.717, 1.165) is 11.0 Å². The fourth-order valence-electron chi connectivity index (χ4n) is 2.32. The lowest BCUT2D eigenvalue weighted by Gasteiger charge is -2.21. The second-order valence-corrected chi connectivity index (χ2v) is 6.48. The van der Waals surface area contributed by atoms with Crippen LogP contribution in [0.1, 0.15) is 16.9 Å². The highest BCUT2D eigenvalue weighted by Gasteiger charge is 2.40. The predicted molar refractivity (Wildman–Crippen MR) is 69.9 cm³/mol. The maximum absolute atomic E-state index is 12.4. The van der Waals surface area contributed by atoms with Crippen LogP contribution in [-0.2, 0) is 21.9 Å². The third-order valence-electron chi connectivity index (χ3n) is 3.35. The van der Waals surface area contributed by atoms with Gasteiger partial charge < -0.3 is 19.7 Å². The molecule has 10 heteroatoms. The van der Waals surface area contributed by atoms with Crippen molar-refractivity contribution < 1.29 is 28.2 Å². The van der Waals surface area contributed by atoms with Gasteiger partial charge in [0.2, 0.25) is 10.0 Å². The van der Waals surface area contributed by atoms with Crippen LogP contribution in [0.5, 0.6) is 0 Å². The summed E-state index contributed by atoms with van der Waals surface area (Å²) in [7, 11) is -2.51. The third-order valence-corrected chi connectivity index (χ3v) is 4.23. The zero-order chi connectivity index (χ0) is 15.9. The Morgan fingerprint density at radius 1 is 1.43 bits per heavy atom. The van der Waals surface area contributed by atoms with E-state index in [1.54, 1.807) is 0 Å². The van der Waals surface area contributed by atoms with Crippen LogP contribution in [0, 0.1) is 0 Å². The fourth-order valence-corrected chi connectivity index (χ4v) is 2.90. The second-order valence-electron chi connectivity index (χ2n) is 4.92. The van der Waals surface area contributed by atoms with Gasteiger partial charge in [0.25, 0.3) is 5.91 Å². The predicted octanol–water partition coefficient (Wildman–Crippen LogP) is -1.67. The van der Waals surface area contributed by atoms with Crippen LogP contribution in [-0.4, -0.2) is 58.7 Å². The van der Waals surface area contributed by atoms with Crippen LogP contribution >= 0.6 is 0 Å². The monoisotopic (exact) mass is 317 g/mol. The lowest BCUT2D eigenvalue weighted by molar-refractivity contribution is -0.141. The van der Waals surface area contributed by atoms with Gasteiger partial charge in [-0.25, -0.2) is 18.4 Å². The molecule has 0 saturated carbocycles. The van der Waals surface area contributed by atoms with Gasteiger partial charge in [0, 0.05) is 26.2 Å². The lowest BCUT2D eigenvalue weighted by atomic mass is 10.2. The molecule has 1 aliphatic heterocycles. The highest BCUT2D eigenvalue weighted by atomic mass is 32.2. The Labute approximate surface area is 120 Å². The van der Waals surface area contributed by atoms with E-state index in [0.29, 0.717) is 0 Å². The number of nitrogens with two attached hydrogens (primary N) is 1. The number of sulfonamides is 1. The van der Waals surface area contributed by atoms with Crippen LogP contribution < -0.4 is 5.14 Å². The number of likely N-dealkylation sites (tertiary alicyclic amines) is 1. The Morgan fingerprint density at radius 3 is 2.52 bits per heavy atom. The van der Waals surface area contributed by atoms with Gasteiger partial charge in [0.1, 0.15) is 16.6 Å². The first-order valence-corrected chi connectivity index (χ1v) is 7.57. The van der Waals surface area contributed by atoms with E-state index in [4.69, 9.17) is 10.2 Å². The second kappa shape index (κ2) is 5.13. The number of nitrogens with zero attached hydrogens (tertiary/aromatic N) is 2. The number of rotatable bonds is 3.